The molecule has 0 radical (unpaired) electrons. The Morgan fingerprint density at radius 2 is 2.11 bits per heavy atom. The number of hydrogen-bond donors (Lipinski definition) is 1. The van der Waals surface area contributed by atoms with E-state index in [-0.39, 0.29) is 18.4 Å². The average Bonchev–Trinajstić information content (AvgIpc) is 2.86. The Bertz CT molecular complexity index is 438. The number of amides is 2. The maximum Gasteiger partial charge on any atom is 0.249 e. The fourth-order valence-corrected chi connectivity index (χ4v) is 3.03. The zero-order valence-corrected chi connectivity index (χ0v) is 11.5. The van der Waals surface area contributed by atoms with Gasteiger partial charge >= 0.3 is 0 Å². The predicted molar refractivity (Wildman–Crippen MR) is 71.2 cm³/mol. The third-order valence-corrected chi connectivity index (χ3v) is 4.30. The summed E-state index contributed by atoms with van der Waals surface area (Å²) >= 11 is 1.60. The SMILES string of the molecule is CCC1(CC)NC(=O)CN(Cc2ccsc2)C1=O. The molecule has 1 fully saturated rings. The van der Waals surface area contributed by atoms with Crippen LogP contribution in [0.2, 0.25) is 0 Å². The second-order valence-electron chi connectivity index (χ2n) is 4.63. The molecule has 0 spiro atoms. The van der Waals surface area contributed by atoms with Gasteiger partial charge in [-0.25, -0.2) is 0 Å². The summed E-state index contributed by atoms with van der Waals surface area (Å²) in [5, 5.41) is 6.86. The second kappa shape index (κ2) is 5.10. The van der Waals surface area contributed by atoms with Crippen molar-refractivity contribution < 1.29 is 9.59 Å². The van der Waals surface area contributed by atoms with Gasteiger partial charge in [-0.15, -0.1) is 0 Å². The molecule has 1 N–H and O–H groups in total. The van der Waals surface area contributed by atoms with Crippen LogP contribution < -0.4 is 5.32 Å². The maximum atomic E-state index is 12.5. The van der Waals surface area contributed by atoms with Gasteiger partial charge in [0.15, 0.2) is 0 Å². The van der Waals surface area contributed by atoms with Crippen LogP contribution in [0.1, 0.15) is 32.3 Å². The molecule has 2 rings (SSSR count). The smallest absolute Gasteiger partial charge is 0.249 e. The highest BCUT2D eigenvalue weighted by Gasteiger charge is 2.43. The Morgan fingerprint density at radius 3 is 2.67 bits per heavy atom. The van der Waals surface area contributed by atoms with Crippen LogP contribution in [-0.4, -0.2) is 28.8 Å². The van der Waals surface area contributed by atoms with Crippen molar-refractivity contribution >= 4 is 23.2 Å². The minimum Gasteiger partial charge on any atom is -0.340 e. The van der Waals surface area contributed by atoms with Gasteiger partial charge in [0, 0.05) is 6.54 Å². The fraction of sp³-hybridized carbons (Fsp3) is 0.538. The minimum atomic E-state index is -0.703. The molecule has 0 aromatic carbocycles. The van der Waals surface area contributed by atoms with Gasteiger partial charge in [-0.05, 0) is 35.2 Å². The monoisotopic (exact) mass is 266 g/mol. The van der Waals surface area contributed by atoms with Crippen LogP contribution in [0.4, 0.5) is 0 Å². The van der Waals surface area contributed by atoms with Crippen molar-refractivity contribution in [3.63, 3.8) is 0 Å². The molecule has 1 saturated heterocycles. The third kappa shape index (κ3) is 2.27. The van der Waals surface area contributed by atoms with Crippen LogP contribution in [0.3, 0.4) is 0 Å². The lowest BCUT2D eigenvalue weighted by molar-refractivity contribution is -0.151. The molecule has 98 valence electrons. The molecule has 1 aromatic heterocycles. The lowest BCUT2D eigenvalue weighted by Crippen LogP contribution is -2.65. The highest BCUT2D eigenvalue weighted by molar-refractivity contribution is 7.07. The van der Waals surface area contributed by atoms with Crippen molar-refractivity contribution in [2.75, 3.05) is 6.54 Å². The van der Waals surface area contributed by atoms with E-state index in [1.807, 2.05) is 30.7 Å². The van der Waals surface area contributed by atoms with E-state index in [4.69, 9.17) is 0 Å². The summed E-state index contributed by atoms with van der Waals surface area (Å²) in [6.07, 6.45) is 1.27. The first kappa shape index (κ1) is 13.1. The molecule has 1 aliphatic rings. The van der Waals surface area contributed by atoms with E-state index in [2.05, 4.69) is 5.32 Å². The van der Waals surface area contributed by atoms with Crippen molar-refractivity contribution in [1.29, 1.82) is 0 Å². The highest BCUT2D eigenvalue weighted by Crippen LogP contribution is 2.23. The zero-order valence-electron chi connectivity index (χ0n) is 10.7. The third-order valence-electron chi connectivity index (χ3n) is 3.57. The van der Waals surface area contributed by atoms with Gasteiger partial charge < -0.3 is 10.2 Å². The van der Waals surface area contributed by atoms with Gasteiger partial charge in [0.1, 0.15) is 5.54 Å². The molecular formula is C13H18N2O2S. The van der Waals surface area contributed by atoms with E-state index in [9.17, 15) is 9.59 Å². The van der Waals surface area contributed by atoms with Gasteiger partial charge in [-0.3, -0.25) is 9.59 Å². The molecule has 18 heavy (non-hydrogen) atoms. The first-order chi connectivity index (χ1) is 8.61. The molecule has 0 atom stereocenters. The minimum absolute atomic E-state index is 0.0401. The number of piperazine rings is 1. The van der Waals surface area contributed by atoms with Crippen LogP contribution >= 0.6 is 11.3 Å². The van der Waals surface area contributed by atoms with E-state index in [0.29, 0.717) is 19.4 Å². The number of nitrogens with one attached hydrogen (secondary N) is 1. The molecular weight excluding hydrogens is 248 g/mol. The van der Waals surface area contributed by atoms with Gasteiger partial charge in [-0.2, -0.15) is 11.3 Å². The van der Waals surface area contributed by atoms with Crippen LogP contribution in [0.25, 0.3) is 0 Å². The first-order valence-electron chi connectivity index (χ1n) is 6.22. The van der Waals surface area contributed by atoms with E-state index in [0.717, 1.165) is 5.56 Å². The number of hydrogen-bond acceptors (Lipinski definition) is 3. The van der Waals surface area contributed by atoms with Crippen LogP contribution in [-0.2, 0) is 16.1 Å². The lowest BCUT2D eigenvalue weighted by atomic mass is 9.89. The number of thiophene rings is 1. The van der Waals surface area contributed by atoms with Crippen molar-refractivity contribution in [2.24, 2.45) is 0 Å². The molecule has 2 amide bonds. The summed E-state index contributed by atoms with van der Waals surface area (Å²) in [6, 6.07) is 1.99. The number of carbonyl (C=O) groups excluding carboxylic acids is 2. The molecule has 5 heteroatoms. The Hall–Kier alpha value is -1.36. The molecule has 0 unspecified atom stereocenters. The summed E-state index contributed by atoms with van der Waals surface area (Å²) in [5.74, 6) is -0.0215. The first-order valence-corrected chi connectivity index (χ1v) is 7.17. The molecule has 4 nitrogen and oxygen atoms in total. The second-order valence-corrected chi connectivity index (χ2v) is 5.41. The number of nitrogens with zero attached hydrogens (tertiary/aromatic N) is 1. The Morgan fingerprint density at radius 1 is 1.39 bits per heavy atom. The van der Waals surface area contributed by atoms with Crippen LogP contribution in [0, 0.1) is 0 Å². The summed E-state index contributed by atoms with van der Waals surface area (Å²) in [5.41, 5.74) is 0.384. The average molecular weight is 266 g/mol. The van der Waals surface area contributed by atoms with Crippen LogP contribution in [0.5, 0.6) is 0 Å². The van der Waals surface area contributed by atoms with Gasteiger partial charge in [0.2, 0.25) is 11.8 Å². The summed E-state index contributed by atoms with van der Waals surface area (Å²) in [7, 11) is 0. The zero-order chi connectivity index (χ0) is 13.2. The number of rotatable bonds is 4. The predicted octanol–water partition coefficient (Wildman–Crippen LogP) is 1.77. The van der Waals surface area contributed by atoms with E-state index >= 15 is 0 Å². The molecule has 2 heterocycles. The van der Waals surface area contributed by atoms with Gasteiger partial charge in [-0.1, -0.05) is 13.8 Å². The summed E-state index contributed by atoms with van der Waals surface area (Å²) < 4.78 is 0. The molecule has 0 bridgehead atoms. The summed E-state index contributed by atoms with van der Waals surface area (Å²) in [6.45, 7) is 4.57. The van der Waals surface area contributed by atoms with Gasteiger partial charge in [0.25, 0.3) is 0 Å². The molecule has 0 aliphatic carbocycles. The standard InChI is InChI=1S/C13H18N2O2S/c1-3-13(4-2)12(17)15(8-11(16)14-13)7-10-5-6-18-9-10/h5-6,9H,3-4,7-8H2,1-2H3,(H,14,16). The van der Waals surface area contributed by atoms with Crippen LogP contribution in [0.15, 0.2) is 16.8 Å². The molecule has 1 aromatic rings. The van der Waals surface area contributed by atoms with E-state index < -0.39 is 5.54 Å². The van der Waals surface area contributed by atoms with E-state index in [1.54, 1.807) is 16.2 Å². The van der Waals surface area contributed by atoms with Crippen molar-refractivity contribution in [3.8, 4) is 0 Å². The van der Waals surface area contributed by atoms with Gasteiger partial charge in [0.05, 0.1) is 6.54 Å². The largest absolute Gasteiger partial charge is 0.340 e. The Balaban J connectivity index is 2.20. The Labute approximate surface area is 111 Å². The van der Waals surface area contributed by atoms with Crippen molar-refractivity contribution in [1.82, 2.24) is 10.2 Å². The topological polar surface area (TPSA) is 49.4 Å². The Kier molecular flexibility index (Phi) is 3.71. The highest BCUT2D eigenvalue weighted by atomic mass is 32.1. The number of carbonyl (C=O) groups is 2. The maximum absolute atomic E-state index is 12.5. The molecule has 0 saturated carbocycles. The molecule has 1 aliphatic heterocycles. The fourth-order valence-electron chi connectivity index (χ4n) is 2.37. The van der Waals surface area contributed by atoms with Crippen molar-refractivity contribution in [2.45, 2.75) is 38.8 Å². The van der Waals surface area contributed by atoms with E-state index in [1.165, 1.54) is 0 Å². The quantitative estimate of drug-likeness (QED) is 0.903. The summed E-state index contributed by atoms with van der Waals surface area (Å²) in [4.78, 5) is 25.9. The lowest BCUT2D eigenvalue weighted by Gasteiger charge is -2.41. The normalized spacial score (nSPS) is 18.9. The van der Waals surface area contributed by atoms with Crippen molar-refractivity contribution in [3.05, 3.63) is 22.4 Å².